The lowest BCUT2D eigenvalue weighted by molar-refractivity contribution is 0.0907. The highest BCUT2D eigenvalue weighted by molar-refractivity contribution is 5.89. The standard InChI is InChI=1S/C17H14FN3O3/c1-23-14-4-2-3-12(9-14)15-20-17(24-21-15)16(22)19-10-11-5-7-13(18)8-6-11/h2-9H,10H2,1H3,(H,19,22). The van der Waals surface area contributed by atoms with Gasteiger partial charge in [-0.05, 0) is 29.8 Å². The van der Waals surface area contributed by atoms with Crippen LogP contribution in [-0.4, -0.2) is 23.2 Å². The molecular weight excluding hydrogens is 313 g/mol. The van der Waals surface area contributed by atoms with Crippen molar-refractivity contribution in [1.29, 1.82) is 0 Å². The SMILES string of the molecule is COc1cccc(-c2noc(C(=O)NCc3ccc(F)cc3)n2)c1. The fourth-order valence-electron chi connectivity index (χ4n) is 2.06. The molecule has 0 spiro atoms. The maximum Gasteiger partial charge on any atom is 0.316 e. The number of aromatic nitrogens is 2. The quantitative estimate of drug-likeness (QED) is 0.780. The second-order valence-corrected chi connectivity index (χ2v) is 4.96. The lowest BCUT2D eigenvalue weighted by Gasteiger charge is -2.02. The summed E-state index contributed by atoms with van der Waals surface area (Å²) in [6, 6.07) is 12.9. The van der Waals surface area contributed by atoms with Crippen LogP contribution in [0.2, 0.25) is 0 Å². The van der Waals surface area contributed by atoms with Crippen molar-refractivity contribution in [2.75, 3.05) is 7.11 Å². The third-order valence-corrected chi connectivity index (χ3v) is 3.31. The summed E-state index contributed by atoms with van der Waals surface area (Å²) < 4.78 is 23.0. The van der Waals surface area contributed by atoms with Gasteiger partial charge in [-0.2, -0.15) is 4.98 Å². The summed E-state index contributed by atoms with van der Waals surface area (Å²) in [7, 11) is 1.56. The molecule has 122 valence electrons. The molecule has 0 aliphatic heterocycles. The van der Waals surface area contributed by atoms with Gasteiger partial charge in [0.05, 0.1) is 7.11 Å². The number of methoxy groups -OCH3 is 1. The van der Waals surface area contributed by atoms with Gasteiger partial charge in [0.25, 0.3) is 0 Å². The molecule has 1 heterocycles. The van der Waals surface area contributed by atoms with Gasteiger partial charge < -0.3 is 14.6 Å². The fraction of sp³-hybridized carbons (Fsp3) is 0.118. The molecule has 0 bridgehead atoms. The Morgan fingerprint density at radius 3 is 2.79 bits per heavy atom. The molecule has 7 heteroatoms. The molecule has 24 heavy (non-hydrogen) atoms. The van der Waals surface area contributed by atoms with Crippen molar-refractivity contribution in [3.63, 3.8) is 0 Å². The van der Waals surface area contributed by atoms with E-state index in [-0.39, 0.29) is 18.3 Å². The Morgan fingerprint density at radius 1 is 1.25 bits per heavy atom. The molecule has 0 unspecified atom stereocenters. The van der Waals surface area contributed by atoms with Gasteiger partial charge in [0.1, 0.15) is 11.6 Å². The van der Waals surface area contributed by atoms with Crippen LogP contribution < -0.4 is 10.1 Å². The number of ether oxygens (including phenoxy) is 1. The lowest BCUT2D eigenvalue weighted by atomic mass is 10.2. The van der Waals surface area contributed by atoms with Crippen molar-refractivity contribution in [2.45, 2.75) is 6.54 Å². The average Bonchev–Trinajstić information content (AvgIpc) is 3.11. The first-order chi connectivity index (χ1) is 11.7. The van der Waals surface area contributed by atoms with Crippen LogP contribution in [0.5, 0.6) is 5.75 Å². The Morgan fingerprint density at radius 2 is 2.04 bits per heavy atom. The first-order valence-corrected chi connectivity index (χ1v) is 7.16. The van der Waals surface area contributed by atoms with Gasteiger partial charge in [-0.3, -0.25) is 4.79 Å². The highest BCUT2D eigenvalue weighted by atomic mass is 19.1. The Balaban J connectivity index is 1.68. The van der Waals surface area contributed by atoms with Crippen LogP contribution in [0.25, 0.3) is 11.4 Å². The molecule has 6 nitrogen and oxygen atoms in total. The Labute approximate surface area is 137 Å². The highest BCUT2D eigenvalue weighted by Crippen LogP contribution is 2.21. The molecule has 0 saturated carbocycles. The van der Waals surface area contributed by atoms with E-state index in [1.165, 1.54) is 12.1 Å². The van der Waals surface area contributed by atoms with Gasteiger partial charge in [-0.25, -0.2) is 4.39 Å². The third kappa shape index (κ3) is 3.57. The summed E-state index contributed by atoms with van der Waals surface area (Å²) in [4.78, 5) is 16.1. The number of amides is 1. The molecule has 0 saturated heterocycles. The van der Waals surface area contributed by atoms with Gasteiger partial charge in [0.2, 0.25) is 5.82 Å². The topological polar surface area (TPSA) is 77.2 Å². The second-order valence-electron chi connectivity index (χ2n) is 4.96. The van der Waals surface area contributed by atoms with E-state index < -0.39 is 5.91 Å². The predicted octanol–water partition coefficient (Wildman–Crippen LogP) is 2.81. The molecule has 1 amide bonds. The van der Waals surface area contributed by atoms with Crippen molar-refractivity contribution < 1.29 is 18.4 Å². The molecule has 0 aliphatic carbocycles. The molecule has 0 radical (unpaired) electrons. The van der Waals surface area contributed by atoms with Gasteiger partial charge in [0, 0.05) is 12.1 Å². The minimum absolute atomic E-state index is 0.144. The van der Waals surface area contributed by atoms with Gasteiger partial charge >= 0.3 is 11.8 Å². The number of benzene rings is 2. The minimum atomic E-state index is -0.499. The van der Waals surface area contributed by atoms with Crippen LogP contribution in [0.4, 0.5) is 4.39 Å². The van der Waals surface area contributed by atoms with Crippen molar-refractivity contribution in [3.8, 4) is 17.1 Å². The second kappa shape index (κ2) is 6.91. The van der Waals surface area contributed by atoms with Gasteiger partial charge in [-0.1, -0.05) is 29.4 Å². The Bertz CT molecular complexity index is 846. The maximum absolute atomic E-state index is 12.8. The smallest absolute Gasteiger partial charge is 0.316 e. The molecule has 3 aromatic rings. The number of hydrogen-bond acceptors (Lipinski definition) is 5. The summed E-state index contributed by atoms with van der Waals surface area (Å²) in [5.74, 6) is -0.0266. The summed E-state index contributed by atoms with van der Waals surface area (Å²) in [5.41, 5.74) is 1.44. The first kappa shape index (κ1) is 15.7. The van der Waals surface area contributed by atoms with Crippen molar-refractivity contribution >= 4 is 5.91 Å². The third-order valence-electron chi connectivity index (χ3n) is 3.31. The highest BCUT2D eigenvalue weighted by Gasteiger charge is 2.16. The van der Waals surface area contributed by atoms with Crippen LogP contribution >= 0.6 is 0 Å². The number of nitrogens with zero attached hydrogens (tertiary/aromatic N) is 2. The minimum Gasteiger partial charge on any atom is -0.497 e. The maximum atomic E-state index is 12.8. The fourth-order valence-corrected chi connectivity index (χ4v) is 2.06. The Hall–Kier alpha value is -3.22. The molecule has 0 fully saturated rings. The number of halogens is 1. The van der Waals surface area contributed by atoms with Crippen molar-refractivity contribution in [3.05, 3.63) is 65.8 Å². The molecular formula is C17H14FN3O3. The largest absolute Gasteiger partial charge is 0.497 e. The van der Waals surface area contributed by atoms with E-state index >= 15 is 0 Å². The monoisotopic (exact) mass is 327 g/mol. The molecule has 1 aromatic heterocycles. The molecule has 1 N–H and O–H groups in total. The van der Waals surface area contributed by atoms with Gasteiger partial charge in [0.15, 0.2) is 0 Å². The zero-order valence-corrected chi connectivity index (χ0v) is 12.8. The van der Waals surface area contributed by atoms with Crippen LogP contribution in [0.1, 0.15) is 16.2 Å². The van der Waals surface area contributed by atoms with E-state index in [0.29, 0.717) is 17.1 Å². The predicted molar refractivity (Wildman–Crippen MR) is 83.9 cm³/mol. The zero-order valence-electron chi connectivity index (χ0n) is 12.8. The first-order valence-electron chi connectivity index (χ1n) is 7.16. The number of hydrogen-bond donors (Lipinski definition) is 1. The average molecular weight is 327 g/mol. The van der Waals surface area contributed by atoms with E-state index in [2.05, 4.69) is 15.5 Å². The van der Waals surface area contributed by atoms with E-state index in [1.54, 1.807) is 43.5 Å². The molecule has 3 rings (SSSR count). The van der Waals surface area contributed by atoms with E-state index in [0.717, 1.165) is 5.56 Å². The van der Waals surface area contributed by atoms with E-state index in [1.807, 2.05) is 0 Å². The van der Waals surface area contributed by atoms with Crippen LogP contribution in [0.3, 0.4) is 0 Å². The molecule has 2 aromatic carbocycles. The molecule has 0 aliphatic rings. The van der Waals surface area contributed by atoms with Crippen molar-refractivity contribution in [1.82, 2.24) is 15.5 Å². The van der Waals surface area contributed by atoms with Crippen LogP contribution in [0.15, 0.2) is 53.1 Å². The van der Waals surface area contributed by atoms with Crippen molar-refractivity contribution in [2.24, 2.45) is 0 Å². The lowest BCUT2D eigenvalue weighted by Crippen LogP contribution is -2.23. The summed E-state index contributed by atoms with van der Waals surface area (Å²) in [6.45, 7) is 0.232. The summed E-state index contributed by atoms with van der Waals surface area (Å²) in [5, 5.41) is 6.44. The Kier molecular flexibility index (Phi) is 4.51. The normalized spacial score (nSPS) is 10.4. The van der Waals surface area contributed by atoms with Gasteiger partial charge in [-0.15, -0.1) is 0 Å². The summed E-state index contributed by atoms with van der Waals surface area (Å²) in [6.07, 6.45) is 0. The number of nitrogens with one attached hydrogen (secondary N) is 1. The van der Waals surface area contributed by atoms with E-state index in [9.17, 15) is 9.18 Å². The number of carbonyl (C=O) groups is 1. The molecule has 0 atom stereocenters. The number of carbonyl (C=O) groups excluding carboxylic acids is 1. The van der Waals surface area contributed by atoms with Crippen LogP contribution in [-0.2, 0) is 6.54 Å². The van der Waals surface area contributed by atoms with E-state index in [4.69, 9.17) is 9.26 Å². The number of rotatable bonds is 5. The zero-order chi connectivity index (χ0) is 16.9. The van der Waals surface area contributed by atoms with Crippen LogP contribution in [0, 0.1) is 5.82 Å². The summed E-state index contributed by atoms with van der Waals surface area (Å²) >= 11 is 0.